The molecule has 2 aromatic heterocycles. The maximum Gasteiger partial charge on any atom is 0.362 e. The minimum Gasteiger partial charge on any atom is -0.366 e. The Morgan fingerprint density at radius 1 is 1.11 bits per heavy atom. The fourth-order valence-electron chi connectivity index (χ4n) is 1.04. The minimum atomic E-state index is -1.26. The van der Waals surface area contributed by atoms with E-state index < -0.39 is 21.1 Å². The van der Waals surface area contributed by atoms with E-state index in [-0.39, 0.29) is 17.6 Å². The molecule has 0 amide bonds. The number of nitro groups is 2. The highest BCUT2D eigenvalue weighted by atomic mass is 16.8. The lowest BCUT2D eigenvalue weighted by Gasteiger charge is -1.96. The van der Waals surface area contributed by atoms with Crippen LogP contribution < -0.4 is 10.9 Å². The molecule has 14 heteroatoms. The molecule has 2 heterocycles. The summed E-state index contributed by atoms with van der Waals surface area (Å²) in [7, 11) is 0. The average Bonchev–Trinajstić information content (AvgIpc) is 2.85. The van der Waals surface area contributed by atoms with E-state index >= 15 is 0 Å². The van der Waals surface area contributed by atoms with Gasteiger partial charge in [0.15, 0.2) is 5.82 Å². The number of rotatable bonds is 4. The molecule has 0 aliphatic heterocycles. The first-order valence-corrected chi connectivity index (χ1v) is 4.18. The average molecular weight is 256 g/mol. The van der Waals surface area contributed by atoms with E-state index in [1.807, 2.05) is 5.10 Å². The van der Waals surface area contributed by atoms with Gasteiger partial charge in [0.1, 0.15) is 0 Å². The Morgan fingerprint density at radius 3 is 2.28 bits per heavy atom. The molecule has 4 N–H and O–H groups in total. The zero-order chi connectivity index (χ0) is 13.3. The summed E-state index contributed by atoms with van der Waals surface area (Å²) in [6, 6.07) is 0. The van der Waals surface area contributed by atoms with Crippen molar-refractivity contribution in [2.24, 2.45) is 0 Å². The lowest BCUT2D eigenvalue weighted by Crippen LogP contribution is -2.36. The van der Waals surface area contributed by atoms with Gasteiger partial charge in [0.05, 0.1) is 0 Å². The van der Waals surface area contributed by atoms with Crippen molar-refractivity contribution in [3.05, 3.63) is 20.2 Å². The Morgan fingerprint density at radius 2 is 1.78 bits per heavy atom. The van der Waals surface area contributed by atoms with Crippen LogP contribution in [0.4, 0.5) is 11.9 Å². The third-order valence-electron chi connectivity index (χ3n) is 1.69. The number of hydrogen-bond donors (Lipinski definition) is 3. The normalized spacial score (nSPS) is 10.2. The Bertz CT molecular complexity index is 587. The lowest BCUT2D eigenvalue weighted by atomic mass is 10.6. The molecule has 0 bridgehead atoms. The van der Waals surface area contributed by atoms with E-state index in [9.17, 15) is 20.2 Å². The van der Waals surface area contributed by atoms with Crippen molar-refractivity contribution >= 4 is 11.9 Å². The molecule has 0 aliphatic rings. The summed E-state index contributed by atoms with van der Waals surface area (Å²) in [5.74, 6) is -0.906. The summed E-state index contributed by atoms with van der Waals surface area (Å²) in [6.45, 7) is 0. The molecule has 0 aliphatic carbocycles. The summed E-state index contributed by atoms with van der Waals surface area (Å²) < 4.78 is 0. The van der Waals surface area contributed by atoms with Crippen LogP contribution in [0.1, 0.15) is 0 Å². The van der Waals surface area contributed by atoms with Crippen molar-refractivity contribution in [1.29, 1.82) is 0 Å². The van der Waals surface area contributed by atoms with Crippen LogP contribution in [0.2, 0.25) is 0 Å². The highest BCUT2D eigenvalue weighted by Gasteiger charge is 2.34. The molecule has 94 valence electrons. The van der Waals surface area contributed by atoms with Crippen LogP contribution in [0.5, 0.6) is 0 Å². The number of nitrogen functional groups attached to an aromatic ring is 1. The summed E-state index contributed by atoms with van der Waals surface area (Å²) in [4.78, 5) is 28.0. The highest BCUT2D eigenvalue weighted by Crippen LogP contribution is 2.14. The molecule has 0 aromatic carbocycles. The van der Waals surface area contributed by atoms with Crippen molar-refractivity contribution in [2.45, 2.75) is 0 Å². The smallest absolute Gasteiger partial charge is 0.362 e. The van der Waals surface area contributed by atoms with E-state index in [4.69, 9.17) is 5.73 Å². The number of aromatic nitrogens is 6. The summed E-state index contributed by atoms with van der Waals surface area (Å²) >= 11 is 0. The maximum atomic E-state index is 10.4. The predicted octanol–water partition coefficient (Wildman–Crippen LogP) is -1.64. The van der Waals surface area contributed by atoms with E-state index in [0.29, 0.717) is 0 Å². The molecule has 2 aromatic rings. The summed E-state index contributed by atoms with van der Waals surface area (Å²) in [5.41, 5.74) is 5.23. The SMILES string of the molecule is Nc1n[nH]c(-c2n[nH]c(N([N+](=O)[O-])[N+](=O)[O-])n2)n1. The van der Waals surface area contributed by atoms with Crippen molar-refractivity contribution in [2.75, 3.05) is 10.9 Å². The summed E-state index contributed by atoms with van der Waals surface area (Å²) in [5, 5.41) is 29.3. The third kappa shape index (κ3) is 1.84. The van der Waals surface area contributed by atoms with Crippen LogP contribution in [0.3, 0.4) is 0 Å². The van der Waals surface area contributed by atoms with Gasteiger partial charge in [-0.05, 0) is 0 Å². The second-order valence-corrected chi connectivity index (χ2v) is 2.79. The Labute approximate surface area is 96.1 Å². The van der Waals surface area contributed by atoms with Gasteiger partial charge in [-0.2, -0.15) is 9.97 Å². The first kappa shape index (κ1) is 11.2. The van der Waals surface area contributed by atoms with Gasteiger partial charge in [-0.1, -0.05) is 0 Å². The minimum absolute atomic E-state index is 0.0154. The number of hydrogen-bond acceptors (Lipinski definition) is 9. The molecular weight excluding hydrogens is 252 g/mol. The molecule has 14 nitrogen and oxygen atoms in total. The first-order chi connectivity index (χ1) is 8.49. The number of aromatic amines is 2. The molecule has 0 saturated carbocycles. The van der Waals surface area contributed by atoms with Gasteiger partial charge in [-0.25, -0.2) is 25.3 Å². The Kier molecular flexibility index (Phi) is 2.43. The topological polar surface area (TPSA) is 199 Å². The van der Waals surface area contributed by atoms with Crippen LogP contribution in [0.15, 0.2) is 0 Å². The van der Waals surface area contributed by atoms with Gasteiger partial charge in [0, 0.05) is 0 Å². The number of hydrazine groups is 2. The molecule has 0 unspecified atom stereocenters. The monoisotopic (exact) mass is 256 g/mol. The van der Waals surface area contributed by atoms with Gasteiger partial charge < -0.3 is 5.73 Å². The van der Waals surface area contributed by atoms with E-state index in [1.165, 1.54) is 0 Å². The fraction of sp³-hybridized carbons (Fsp3) is 0. The van der Waals surface area contributed by atoms with Gasteiger partial charge in [-0.3, -0.25) is 5.10 Å². The molecule has 0 radical (unpaired) electrons. The third-order valence-corrected chi connectivity index (χ3v) is 1.69. The van der Waals surface area contributed by atoms with Crippen LogP contribution in [0.25, 0.3) is 11.6 Å². The first-order valence-electron chi connectivity index (χ1n) is 4.18. The van der Waals surface area contributed by atoms with Crippen molar-refractivity contribution in [3.63, 3.8) is 0 Å². The molecule has 0 spiro atoms. The van der Waals surface area contributed by atoms with Gasteiger partial charge in [0.2, 0.25) is 27.0 Å². The molecule has 18 heavy (non-hydrogen) atoms. The number of nitrogens with one attached hydrogen (secondary N) is 2. The maximum absolute atomic E-state index is 10.4. The largest absolute Gasteiger partial charge is 0.366 e. The molecule has 2 rings (SSSR count). The van der Waals surface area contributed by atoms with Crippen LogP contribution in [-0.4, -0.2) is 40.4 Å². The lowest BCUT2D eigenvalue weighted by molar-refractivity contribution is -0.713. The summed E-state index contributed by atoms with van der Waals surface area (Å²) in [6.07, 6.45) is 0. The van der Waals surface area contributed by atoms with Crippen molar-refractivity contribution in [1.82, 2.24) is 30.4 Å². The fourth-order valence-corrected chi connectivity index (χ4v) is 1.04. The van der Waals surface area contributed by atoms with Crippen molar-refractivity contribution < 1.29 is 10.1 Å². The van der Waals surface area contributed by atoms with Crippen LogP contribution in [-0.2, 0) is 0 Å². The molecule has 0 fully saturated rings. The van der Waals surface area contributed by atoms with Gasteiger partial charge in [-0.15, -0.1) is 10.2 Å². The van der Waals surface area contributed by atoms with E-state index in [2.05, 4.69) is 25.3 Å². The van der Waals surface area contributed by atoms with E-state index in [1.54, 1.807) is 0 Å². The standard InChI is InChI=1S/C4H4N10O4/c5-3-6-1(8-10-3)2-7-4(11-9-2)12(13(15)16)14(17)18/h(H,7,9,11)(H3,5,6,8,10). The van der Waals surface area contributed by atoms with Crippen LogP contribution in [0, 0.1) is 20.2 Å². The number of anilines is 2. The molecule has 0 saturated heterocycles. The predicted molar refractivity (Wildman–Crippen MR) is 52.6 cm³/mol. The molecular formula is C4H4N10O4. The number of nitrogens with zero attached hydrogens (tertiary/aromatic N) is 7. The quantitative estimate of drug-likeness (QED) is 0.420. The Balaban J connectivity index is 2.35. The second kappa shape index (κ2) is 3.92. The number of H-pyrrole nitrogens is 2. The van der Waals surface area contributed by atoms with Crippen LogP contribution >= 0.6 is 0 Å². The van der Waals surface area contributed by atoms with Crippen molar-refractivity contribution in [3.8, 4) is 11.6 Å². The Hall–Kier alpha value is -3.32. The van der Waals surface area contributed by atoms with Gasteiger partial charge >= 0.3 is 5.95 Å². The highest BCUT2D eigenvalue weighted by molar-refractivity contribution is 5.46. The second-order valence-electron chi connectivity index (χ2n) is 2.79. The zero-order valence-electron chi connectivity index (χ0n) is 8.34. The van der Waals surface area contributed by atoms with E-state index in [0.717, 1.165) is 0 Å². The zero-order valence-corrected chi connectivity index (χ0v) is 8.34. The molecule has 0 atom stereocenters. The number of nitrogens with two attached hydrogens (primary N) is 1. The van der Waals surface area contributed by atoms with Gasteiger partial charge in [0.25, 0.3) is 0 Å².